The molecule has 0 saturated heterocycles. The van der Waals surface area contributed by atoms with Gasteiger partial charge in [-0.05, 0) is 79.2 Å². The number of benzene rings is 1. The number of para-hydroxylation sites is 2. The van der Waals surface area contributed by atoms with Gasteiger partial charge in [-0.25, -0.2) is 13.2 Å². The van der Waals surface area contributed by atoms with E-state index in [2.05, 4.69) is 31.4 Å². The second-order valence-electron chi connectivity index (χ2n) is 11.6. The first kappa shape index (κ1) is 22.4. The third-order valence-electron chi connectivity index (χ3n) is 7.59. The van der Waals surface area contributed by atoms with Gasteiger partial charge >= 0.3 is 6.03 Å². The molecule has 4 aliphatic carbocycles. The van der Waals surface area contributed by atoms with Crippen molar-refractivity contribution < 1.29 is 13.2 Å². The Balaban J connectivity index is 1.46. The number of carbonyl (C=O) groups excluding carboxylic acids is 1. The highest BCUT2D eigenvalue weighted by Gasteiger charge is 2.56. The first-order valence-corrected chi connectivity index (χ1v) is 13.3. The van der Waals surface area contributed by atoms with Crippen LogP contribution in [0.5, 0.6) is 0 Å². The van der Waals surface area contributed by atoms with Gasteiger partial charge in [0, 0.05) is 13.1 Å². The van der Waals surface area contributed by atoms with E-state index in [1.807, 2.05) is 0 Å². The first-order chi connectivity index (χ1) is 14.4. The van der Waals surface area contributed by atoms with Crippen LogP contribution >= 0.6 is 0 Å². The molecule has 2 atom stereocenters. The van der Waals surface area contributed by atoms with E-state index in [4.69, 9.17) is 0 Å². The number of nitrogens with zero attached hydrogens (tertiary/aromatic N) is 1. The molecule has 4 saturated carbocycles. The molecule has 1 aromatic rings. The number of nitrogens with one attached hydrogen (secondary N) is 2. The number of hydrogen-bond donors (Lipinski definition) is 2. The van der Waals surface area contributed by atoms with Crippen LogP contribution in [0.2, 0.25) is 0 Å². The van der Waals surface area contributed by atoms with Crippen LogP contribution in [0.25, 0.3) is 0 Å². The summed E-state index contributed by atoms with van der Waals surface area (Å²) in [6, 6.07) is 6.99. The average Bonchev–Trinajstić information content (AvgIpc) is 2.61. The van der Waals surface area contributed by atoms with Crippen LogP contribution < -0.4 is 14.9 Å². The van der Waals surface area contributed by atoms with E-state index in [0.29, 0.717) is 34.0 Å². The second-order valence-corrected chi connectivity index (χ2v) is 13.6. The number of rotatable bonds is 5. The van der Waals surface area contributed by atoms with Gasteiger partial charge in [0.25, 0.3) is 0 Å². The normalized spacial score (nSPS) is 32.0. The molecule has 0 aliphatic heterocycles. The Labute approximate surface area is 187 Å². The molecule has 4 fully saturated rings. The van der Waals surface area contributed by atoms with Crippen molar-refractivity contribution in [2.75, 3.05) is 22.9 Å². The zero-order valence-corrected chi connectivity index (χ0v) is 20.3. The largest absolute Gasteiger partial charge is 0.335 e. The lowest BCUT2D eigenvalue weighted by Crippen LogP contribution is -2.60. The molecule has 172 valence electrons. The van der Waals surface area contributed by atoms with Gasteiger partial charge in [0.15, 0.2) is 0 Å². The molecule has 2 N–H and O–H groups in total. The van der Waals surface area contributed by atoms with Crippen molar-refractivity contribution in [3.05, 3.63) is 24.3 Å². The van der Waals surface area contributed by atoms with Crippen LogP contribution in [-0.4, -0.2) is 33.8 Å². The summed E-state index contributed by atoms with van der Waals surface area (Å²) in [7, 11) is -1.92. The van der Waals surface area contributed by atoms with Crippen molar-refractivity contribution in [2.24, 2.45) is 28.6 Å². The fraction of sp³-hybridized carbons (Fsp3) is 0.708. The van der Waals surface area contributed by atoms with Gasteiger partial charge in [-0.1, -0.05) is 32.9 Å². The number of carbonyl (C=O) groups is 1. The van der Waals surface area contributed by atoms with Gasteiger partial charge in [0.1, 0.15) is 0 Å². The lowest BCUT2D eigenvalue weighted by atomic mass is 9.46. The molecule has 1 aromatic carbocycles. The monoisotopic (exact) mass is 447 g/mol. The van der Waals surface area contributed by atoms with Crippen LogP contribution in [0.15, 0.2) is 24.3 Å². The molecular formula is C24H37N3O3S. The molecule has 4 bridgehead atoms. The fourth-order valence-corrected chi connectivity index (χ4v) is 7.63. The Morgan fingerprint density at radius 1 is 1.13 bits per heavy atom. The Morgan fingerprint density at radius 2 is 1.74 bits per heavy atom. The van der Waals surface area contributed by atoms with E-state index >= 15 is 0 Å². The molecule has 0 radical (unpaired) electrons. The Morgan fingerprint density at radius 3 is 2.32 bits per heavy atom. The molecule has 31 heavy (non-hydrogen) atoms. The smallest absolute Gasteiger partial charge is 0.319 e. The van der Waals surface area contributed by atoms with Crippen LogP contribution in [0.4, 0.5) is 16.2 Å². The van der Waals surface area contributed by atoms with Crippen molar-refractivity contribution in [3.8, 4) is 0 Å². The lowest BCUT2D eigenvalue weighted by molar-refractivity contribution is -0.0899. The maximum absolute atomic E-state index is 12.9. The number of amides is 2. The highest BCUT2D eigenvalue weighted by Crippen LogP contribution is 2.63. The molecule has 5 rings (SSSR count). The van der Waals surface area contributed by atoms with E-state index < -0.39 is 10.0 Å². The second kappa shape index (κ2) is 7.68. The van der Waals surface area contributed by atoms with E-state index in [0.717, 1.165) is 12.2 Å². The minimum atomic E-state index is -3.42. The molecule has 2 unspecified atom stereocenters. The van der Waals surface area contributed by atoms with Crippen molar-refractivity contribution in [1.29, 1.82) is 0 Å². The Hall–Kier alpha value is -1.76. The fourth-order valence-electron chi connectivity index (χ4n) is 7.11. The van der Waals surface area contributed by atoms with Crippen molar-refractivity contribution in [1.82, 2.24) is 5.32 Å². The maximum atomic E-state index is 12.9. The van der Waals surface area contributed by atoms with Gasteiger partial charge < -0.3 is 10.6 Å². The molecule has 2 amide bonds. The quantitative estimate of drug-likeness (QED) is 0.678. The summed E-state index contributed by atoms with van der Waals surface area (Å²) >= 11 is 0. The predicted octanol–water partition coefficient (Wildman–Crippen LogP) is 4.84. The molecule has 4 aliphatic rings. The highest BCUT2D eigenvalue weighted by atomic mass is 32.2. The molecule has 0 heterocycles. The van der Waals surface area contributed by atoms with E-state index in [9.17, 15) is 13.2 Å². The van der Waals surface area contributed by atoms with Crippen molar-refractivity contribution in [2.45, 2.75) is 65.3 Å². The summed E-state index contributed by atoms with van der Waals surface area (Å²) in [5.41, 5.74) is 1.76. The van der Waals surface area contributed by atoms with Gasteiger partial charge in [0.2, 0.25) is 10.0 Å². The molecule has 0 spiro atoms. The topological polar surface area (TPSA) is 78.5 Å². The van der Waals surface area contributed by atoms with Gasteiger partial charge in [-0.15, -0.1) is 0 Å². The molecule has 6 nitrogen and oxygen atoms in total. The summed E-state index contributed by atoms with van der Waals surface area (Å²) in [6.45, 7) is 7.04. The zero-order chi connectivity index (χ0) is 22.6. The SMILES string of the molecule is CN(c1ccccc1NC(=O)NC1C2CC3CC1CC(CC(C)(C)C)(C3)C2)S(C)(=O)=O. The summed E-state index contributed by atoms with van der Waals surface area (Å²) in [4.78, 5) is 12.9. The molecule has 7 heteroatoms. The van der Waals surface area contributed by atoms with Crippen molar-refractivity contribution >= 4 is 27.4 Å². The lowest BCUT2D eigenvalue weighted by Gasteiger charge is -2.61. The van der Waals surface area contributed by atoms with E-state index in [-0.39, 0.29) is 12.1 Å². The van der Waals surface area contributed by atoms with Gasteiger partial charge in [-0.3, -0.25) is 4.31 Å². The Kier molecular flexibility index (Phi) is 5.56. The number of anilines is 2. The molecule has 0 aromatic heterocycles. The summed E-state index contributed by atoms with van der Waals surface area (Å²) in [6.07, 6.45) is 8.67. The predicted molar refractivity (Wildman–Crippen MR) is 126 cm³/mol. The van der Waals surface area contributed by atoms with E-state index in [1.54, 1.807) is 24.3 Å². The zero-order valence-electron chi connectivity index (χ0n) is 19.4. The first-order valence-electron chi connectivity index (χ1n) is 11.5. The highest BCUT2D eigenvalue weighted by molar-refractivity contribution is 7.92. The summed E-state index contributed by atoms with van der Waals surface area (Å²) < 4.78 is 25.2. The van der Waals surface area contributed by atoms with Gasteiger partial charge in [-0.2, -0.15) is 0 Å². The number of urea groups is 1. The average molecular weight is 448 g/mol. The van der Waals surface area contributed by atoms with Crippen molar-refractivity contribution in [3.63, 3.8) is 0 Å². The third kappa shape index (κ3) is 4.71. The van der Waals surface area contributed by atoms with Crippen LogP contribution in [0, 0.1) is 28.6 Å². The maximum Gasteiger partial charge on any atom is 0.319 e. The van der Waals surface area contributed by atoms with Crippen LogP contribution in [0.3, 0.4) is 0 Å². The molecular weight excluding hydrogens is 410 g/mol. The number of sulfonamides is 1. The summed E-state index contributed by atoms with van der Waals surface area (Å²) in [5.74, 6) is 1.91. The third-order valence-corrected chi connectivity index (χ3v) is 8.78. The standard InChI is InChI=1S/C24H37N3O3S/c1-23(2,3)15-24-12-16-10-17(13-24)21(18(11-16)14-24)26-22(28)25-19-8-6-7-9-20(19)27(4)31(5,29)30/h6-9,16-18,21H,10-15H2,1-5H3,(H2,25,26,28). The minimum absolute atomic E-state index is 0.212. The Bertz CT molecular complexity index is 937. The van der Waals surface area contributed by atoms with Gasteiger partial charge in [0.05, 0.1) is 17.6 Å². The van der Waals surface area contributed by atoms with E-state index in [1.165, 1.54) is 49.9 Å². The van der Waals surface area contributed by atoms with Crippen LogP contribution in [-0.2, 0) is 10.0 Å². The minimum Gasteiger partial charge on any atom is -0.335 e. The summed E-state index contributed by atoms with van der Waals surface area (Å²) in [5, 5.41) is 6.19. The van der Waals surface area contributed by atoms with Crippen LogP contribution in [0.1, 0.15) is 59.3 Å². The number of hydrogen-bond acceptors (Lipinski definition) is 3.